The normalized spacial score (nSPS) is 10.4. The lowest BCUT2D eigenvalue weighted by Gasteiger charge is -2.07. The summed E-state index contributed by atoms with van der Waals surface area (Å²) >= 11 is 0. The van der Waals surface area contributed by atoms with E-state index in [2.05, 4.69) is 6.92 Å². The number of unbranched alkanes of at least 4 members (excludes halogenated alkanes) is 6. The van der Waals surface area contributed by atoms with Gasteiger partial charge < -0.3 is 14.2 Å². The number of esters is 2. The zero-order valence-electron chi connectivity index (χ0n) is 16.1. The summed E-state index contributed by atoms with van der Waals surface area (Å²) in [6, 6.07) is 7.33. The molecule has 0 heterocycles. The van der Waals surface area contributed by atoms with Gasteiger partial charge in [-0.3, -0.25) is 9.59 Å². The van der Waals surface area contributed by atoms with Crippen molar-refractivity contribution >= 4 is 11.9 Å². The number of rotatable bonds is 14. The van der Waals surface area contributed by atoms with Crippen molar-refractivity contribution in [2.45, 2.75) is 71.3 Å². The summed E-state index contributed by atoms with van der Waals surface area (Å²) in [4.78, 5) is 23.3. The van der Waals surface area contributed by atoms with Crippen molar-refractivity contribution < 1.29 is 23.8 Å². The molecule has 0 unspecified atom stereocenters. The Kier molecular flexibility index (Phi) is 12.0. The molecular weight excluding hydrogens is 332 g/mol. The second kappa shape index (κ2) is 14.2. The van der Waals surface area contributed by atoms with Crippen LogP contribution in [0.3, 0.4) is 0 Å². The van der Waals surface area contributed by atoms with Gasteiger partial charge >= 0.3 is 11.9 Å². The van der Waals surface area contributed by atoms with Crippen molar-refractivity contribution in [3.63, 3.8) is 0 Å². The molecule has 0 saturated carbocycles. The van der Waals surface area contributed by atoms with Gasteiger partial charge in [-0.15, -0.1) is 0 Å². The van der Waals surface area contributed by atoms with E-state index in [1.54, 1.807) is 7.11 Å². The standard InChI is InChI=1S/C21H32O5/c1-3-4-5-6-7-8-9-15-25-20(22)13-14-21(23)26-17-18-11-10-12-19(16-18)24-2/h10-12,16H,3-9,13-15,17H2,1-2H3. The molecule has 5 heteroatoms. The van der Waals surface area contributed by atoms with E-state index in [4.69, 9.17) is 14.2 Å². The first-order valence-electron chi connectivity index (χ1n) is 9.60. The quantitative estimate of drug-likeness (QED) is 0.350. The van der Waals surface area contributed by atoms with Crippen LogP contribution in [-0.4, -0.2) is 25.7 Å². The van der Waals surface area contributed by atoms with E-state index in [0.717, 1.165) is 18.4 Å². The molecule has 0 saturated heterocycles. The summed E-state index contributed by atoms with van der Waals surface area (Å²) in [5.74, 6) is -0.0255. The molecule has 0 aliphatic heterocycles. The molecule has 5 nitrogen and oxygen atoms in total. The number of benzene rings is 1. The molecule has 0 N–H and O–H groups in total. The average molecular weight is 364 g/mol. The molecule has 1 rings (SSSR count). The molecule has 0 radical (unpaired) electrons. The number of ether oxygens (including phenoxy) is 3. The smallest absolute Gasteiger partial charge is 0.306 e. The zero-order chi connectivity index (χ0) is 19.0. The van der Waals surface area contributed by atoms with Crippen molar-refractivity contribution in [3.05, 3.63) is 29.8 Å². The summed E-state index contributed by atoms with van der Waals surface area (Å²) in [7, 11) is 1.59. The first kappa shape index (κ1) is 22.0. The monoisotopic (exact) mass is 364 g/mol. The highest BCUT2D eigenvalue weighted by atomic mass is 16.5. The fourth-order valence-electron chi connectivity index (χ4n) is 2.52. The third-order valence-corrected chi connectivity index (χ3v) is 4.08. The minimum Gasteiger partial charge on any atom is -0.497 e. The maximum Gasteiger partial charge on any atom is 0.306 e. The van der Waals surface area contributed by atoms with Crippen LogP contribution in [-0.2, 0) is 25.7 Å². The van der Waals surface area contributed by atoms with E-state index in [9.17, 15) is 9.59 Å². The van der Waals surface area contributed by atoms with Gasteiger partial charge in [0.1, 0.15) is 12.4 Å². The summed E-state index contributed by atoms with van der Waals surface area (Å²) in [6.07, 6.45) is 8.34. The molecular formula is C21H32O5. The van der Waals surface area contributed by atoms with Gasteiger partial charge in [0.15, 0.2) is 0 Å². The molecule has 0 aromatic heterocycles. The number of hydrogen-bond donors (Lipinski definition) is 0. The van der Waals surface area contributed by atoms with Crippen molar-refractivity contribution in [2.75, 3.05) is 13.7 Å². The third-order valence-electron chi connectivity index (χ3n) is 4.08. The predicted octanol–water partition coefficient (Wildman–Crippen LogP) is 4.81. The van der Waals surface area contributed by atoms with Crippen LogP contribution in [0.4, 0.5) is 0 Å². The van der Waals surface area contributed by atoms with Crippen LogP contribution in [0.15, 0.2) is 24.3 Å². The summed E-state index contributed by atoms with van der Waals surface area (Å²) < 4.78 is 15.4. The maximum atomic E-state index is 11.7. The lowest BCUT2D eigenvalue weighted by molar-refractivity contribution is -0.151. The molecule has 0 aliphatic carbocycles. The molecule has 0 aliphatic rings. The van der Waals surface area contributed by atoms with Crippen LogP contribution >= 0.6 is 0 Å². The highest BCUT2D eigenvalue weighted by Gasteiger charge is 2.09. The Morgan fingerprint density at radius 1 is 0.885 bits per heavy atom. The van der Waals surface area contributed by atoms with E-state index in [0.29, 0.717) is 12.4 Å². The van der Waals surface area contributed by atoms with Crippen LogP contribution < -0.4 is 4.74 Å². The first-order valence-corrected chi connectivity index (χ1v) is 9.60. The molecule has 1 aromatic carbocycles. The van der Waals surface area contributed by atoms with Gasteiger partial charge in [0.2, 0.25) is 0 Å². The van der Waals surface area contributed by atoms with Gasteiger partial charge in [-0.25, -0.2) is 0 Å². The van der Waals surface area contributed by atoms with Crippen molar-refractivity contribution in [3.8, 4) is 5.75 Å². The summed E-state index contributed by atoms with van der Waals surface area (Å²) in [5.41, 5.74) is 0.846. The summed E-state index contributed by atoms with van der Waals surface area (Å²) in [6.45, 7) is 2.81. The van der Waals surface area contributed by atoms with Crippen molar-refractivity contribution in [1.29, 1.82) is 0 Å². The Morgan fingerprint density at radius 3 is 2.23 bits per heavy atom. The van der Waals surface area contributed by atoms with E-state index >= 15 is 0 Å². The number of carbonyl (C=O) groups is 2. The van der Waals surface area contributed by atoms with E-state index in [1.165, 1.54) is 32.1 Å². The van der Waals surface area contributed by atoms with Gasteiger partial charge in [0, 0.05) is 0 Å². The highest BCUT2D eigenvalue weighted by molar-refractivity contribution is 5.77. The molecule has 0 spiro atoms. The van der Waals surface area contributed by atoms with E-state index in [1.807, 2.05) is 24.3 Å². The Bertz CT molecular complexity index is 527. The minimum atomic E-state index is -0.402. The largest absolute Gasteiger partial charge is 0.497 e. The van der Waals surface area contributed by atoms with Crippen LogP contribution in [0.5, 0.6) is 5.75 Å². The molecule has 26 heavy (non-hydrogen) atoms. The van der Waals surface area contributed by atoms with Crippen LogP contribution in [0.2, 0.25) is 0 Å². The predicted molar refractivity (Wildman–Crippen MR) is 101 cm³/mol. The lowest BCUT2D eigenvalue weighted by Crippen LogP contribution is -2.11. The van der Waals surface area contributed by atoms with Gasteiger partial charge in [-0.2, -0.15) is 0 Å². The zero-order valence-corrected chi connectivity index (χ0v) is 16.1. The van der Waals surface area contributed by atoms with Gasteiger partial charge in [-0.1, -0.05) is 57.6 Å². The van der Waals surface area contributed by atoms with Crippen LogP contribution in [0.1, 0.15) is 70.3 Å². The second-order valence-electron chi connectivity index (χ2n) is 6.35. The number of hydrogen-bond acceptors (Lipinski definition) is 5. The van der Waals surface area contributed by atoms with Gasteiger partial charge in [0.25, 0.3) is 0 Å². The minimum absolute atomic E-state index is 0.0415. The molecule has 1 aromatic rings. The van der Waals surface area contributed by atoms with Crippen molar-refractivity contribution in [1.82, 2.24) is 0 Å². The highest BCUT2D eigenvalue weighted by Crippen LogP contribution is 2.13. The Labute approximate surface area is 157 Å². The molecule has 0 bridgehead atoms. The fraction of sp³-hybridized carbons (Fsp3) is 0.619. The van der Waals surface area contributed by atoms with Gasteiger partial charge in [-0.05, 0) is 24.1 Å². The molecule has 0 fully saturated rings. The molecule has 0 atom stereocenters. The van der Waals surface area contributed by atoms with Crippen molar-refractivity contribution in [2.24, 2.45) is 0 Å². The topological polar surface area (TPSA) is 61.8 Å². The number of carbonyl (C=O) groups excluding carboxylic acids is 2. The Balaban J connectivity index is 2.04. The fourth-order valence-corrected chi connectivity index (χ4v) is 2.52. The van der Waals surface area contributed by atoms with Gasteiger partial charge in [0.05, 0.1) is 26.6 Å². The summed E-state index contributed by atoms with van der Waals surface area (Å²) in [5, 5.41) is 0. The second-order valence-corrected chi connectivity index (χ2v) is 6.35. The first-order chi connectivity index (χ1) is 12.7. The lowest BCUT2D eigenvalue weighted by atomic mass is 10.1. The van der Waals surface area contributed by atoms with Crippen LogP contribution in [0, 0.1) is 0 Å². The number of methoxy groups -OCH3 is 1. The van der Waals surface area contributed by atoms with E-state index in [-0.39, 0.29) is 25.4 Å². The third kappa shape index (κ3) is 10.7. The Morgan fingerprint density at radius 2 is 1.54 bits per heavy atom. The Hall–Kier alpha value is -2.04. The SMILES string of the molecule is CCCCCCCCCOC(=O)CCC(=O)OCc1cccc(OC)c1. The molecule has 146 valence electrons. The van der Waals surface area contributed by atoms with Crippen LogP contribution in [0.25, 0.3) is 0 Å². The maximum absolute atomic E-state index is 11.7. The average Bonchev–Trinajstić information content (AvgIpc) is 2.67. The molecule has 0 amide bonds. The van der Waals surface area contributed by atoms with E-state index < -0.39 is 5.97 Å².